The Balaban J connectivity index is 2.68. The summed E-state index contributed by atoms with van der Waals surface area (Å²) < 4.78 is 9.65. The number of carbonyl (C=O) groups excluding carboxylic acids is 1. The fraction of sp³-hybridized carbons (Fsp3) is 0.300. The normalized spacial score (nSPS) is 9.80. The molecule has 1 rings (SSSR count). The lowest BCUT2D eigenvalue weighted by molar-refractivity contribution is -0.142. The molecular weight excluding hydrogens is 283 g/mol. The topological polar surface area (TPSA) is 35.5 Å². The van der Waals surface area contributed by atoms with Crippen molar-refractivity contribution in [1.82, 2.24) is 0 Å². The Labute approximate surface area is 101 Å². The zero-order valence-electron chi connectivity index (χ0n) is 8.13. The van der Waals surface area contributed by atoms with Crippen molar-refractivity contribution >= 4 is 33.5 Å². The molecule has 0 radical (unpaired) electrons. The summed E-state index contributed by atoms with van der Waals surface area (Å²) in [6.45, 7) is -0.113. The molecule has 0 aromatic heterocycles. The van der Waals surface area contributed by atoms with E-state index in [1.54, 1.807) is 6.07 Å². The molecule has 5 heteroatoms. The van der Waals surface area contributed by atoms with E-state index in [0.717, 1.165) is 5.56 Å². The highest BCUT2D eigenvalue weighted by Gasteiger charge is 2.04. The van der Waals surface area contributed by atoms with Gasteiger partial charge in [-0.05, 0) is 23.8 Å². The van der Waals surface area contributed by atoms with Crippen LogP contribution < -0.4 is 4.74 Å². The average molecular weight is 294 g/mol. The van der Waals surface area contributed by atoms with Crippen LogP contribution in [0.5, 0.6) is 5.75 Å². The molecule has 15 heavy (non-hydrogen) atoms. The number of ether oxygens (including phenoxy) is 2. The van der Waals surface area contributed by atoms with E-state index in [2.05, 4.69) is 20.7 Å². The Hall–Kier alpha value is -0.740. The van der Waals surface area contributed by atoms with Gasteiger partial charge in [0.05, 0.1) is 7.11 Å². The summed E-state index contributed by atoms with van der Waals surface area (Å²) in [5, 5.41) is 1.26. The number of rotatable bonds is 4. The number of benzene rings is 1. The van der Waals surface area contributed by atoms with E-state index >= 15 is 0 Å². The van der Waals surface area contributed by atoms with Gasteiger partial charge in [0, 0.05) is 10.4 Å². The van der Waals surface area contributed by atoms with E-state index in [0.29, 0.717) is 16.1 Å². The summed E-state index contributed by atoms with van der Waals surface area (Å²) in [6, 6.07) is 5.28. The highest BCUT2D eigenvalue weighted by molar-refractivity contribution is 9.08. The summed E-state index contributed by atoms with van der Waals surface area (Å²) >= 11 is 9.17. The molecule has 0 amide bonds. The number of halogens is 2. The lowest BCUT2D eigenvalue weighted by atomic mass is 10.2. The largest absolute Gasteiger partial charge is 0.482 e. The van der Waals surface area contributed by atoms with E-state index in [4.69, 9.17) is 16.3 Å². The molecule has 0 heterocycles. The van der Waals surface area contributed by atoms with Gasteiger partial charge in [-0.1, -0.05) is 27.5 Å². The first-order valence-corrected chi connectivity index (χ1v) is 5.70. The van der Waals surface area contributed by atoms with Crippen LogP contribution in [0.1, 0.15) is 5.56 Å². The van der Waals surface area contributed by atoms with Crippen molar-refractivity contribution in [2.45, 2.75) is 5.33 Å². The van der Waals surface area contributed by atoms with Crippen molar-refractivity contribution in [1.29, 1.82) is 0 Å². The van der Waals surface area contributed by atoms with Crippen LogP contribution in [-0.2, 0) is 14.9 Å². The highest BCUT2D eigenvalue weighted by atomic mass is 79.9. The van der Waals surface area contributed by atoms with Crippen LogP contribution >= 0.6 is 27.5 Å². The van der Waals surface area contributed by atoms with Gasteiger partial charge in [0.2, 0.25) is 0 Å². The van der Waals surface area contributed by atoms with E-state index < -0.39 is 5.97 Å². The van der Waals surface area contributed by atoms with Gasteiger partial charge >= 0.3 is 5.97 Å². The molecule has 0 unspecified atom stereocenters. The molecule has 3 nitrogen and oxygen atoms in total. The molecule has 0 aliphatic rings. The molecule has 0 atom stereocenters. The molecule has 1 aromatic rings. The van der Waals surface area contributed by atoms with Gasteiger partial charge in [0.15, 0.2) is 6.61 Å². The van der Waals surface area contributed by atoms with E-state index in [9.17, 15) is 4.79 Å². The molecule has 0 fully saturated rings. The molecule has 0 spiro atoms. The number of methoxy groups -OCH3 is 1. The van der Waals surface area contributed by atoms with Gasteiger partial charge < -0.3 is 9.47 Å². The minimum atomic E-state index is -0.421. The maximum Gasteiger partial charge on any atom is 0.343 e. The molecule has 0 N–H and O–H groups in total. The summed E-state index contributed by atoms with van der Waals surface area (Å²) in [5.74, 6) is 0.137. The first-order chi connectivity index (χ1) is 7.15. The maximum absolute atomic E-state index is 10.8. The van der Waals surface area contributed by atoms with Crippen LogP contribution in [0.4, 0.5) is 0 Å². The summed E-state index contributed by atoms with van der Waals surface area (Å²) in [7, 11) is 1.31. The van der Waals surface area contributed by atoms with Gasteiger partial charge in [-0.3, -0.25) is 0 Å². The quantitative estimate of drug-likeness (QED) is 0.632. The van der Waals surface area contributed by atoms with Gasteiger partial charge in [-0.15, -0.1) is 0 Å². The molecule has 0 aliphatic carbocycles. The van der Waals surface area contributed by atoms with Gasteiger partial charge in [-0.25, -0.2) is 4.79 Å². The first-order valence-electron chi connectivity index (χ1n) is 4.20. The minimum Gasteiger partial charge on any atom is -0.482 e. The van der Waals surface area contributed by atoms with Crippen LogP contribution in [-0.4, -0.2) is 19.7 Å². The fourth-order valence-electron chi connectivity index (χ4n) is 0.982. The summed E-state index contributed by atoms with van der Waals surface area (Å²) in [5.41, 5.74) is 0.988. The van der Waals surface area contributed by atoms with Crippen molar-refractivity contribution in [3.63, 3.8) is 0 Å². The third kappa shape index (κ3) is 4.10. The van der Waals surface area contributed by atoms with Gasteiger partial charge in [0.1, 0.15) is 5.75 Å². The molecule has 1 aromatic carbocycles. The smallest absolute Gasteiger partial charge is 0.343 e. The Morgan fingerprint density at radius 2 is 2.20 bits per heavy atom. The summed E-state index contributed by atoms with van der Waals surface area (Å²) in [6.07, 6.45) is 0. The summed E-state index contributed by atoms with van der Waals surface area (Å²) in [4.78, 5) is 10.8. The van der Waals surface area contributed by atoms with E-state index in [1.165, 1.54) is 7.11 Å². The van der Waals surface area contributed by atoms with Crippen molar-refractivity contribution in [2.24, 2.45) is 0 Å². The van der Waals surface area contributed by atoms with Crippen LogP contribution in [0.15, 0.2) is 18.2 Å². The number of alkyl halides is 1. The van der Waals surface area contributed by atoms with Crippen molar-refractivity contribution in [2.75, 3.05) is 13.7 Å². The van der Waals surface area contributed by atoms with Crippen LogP contribution in [0.2, 0.25) is 5.02 Å². The van der Waals surface area contributed by atoms with Gasteiger partial charge in [-0.2, -0.15) is 0 Å². The maximum atomic E-state index is 10.8. The Bertz CT molecular complexity index is 355. The number of carbonyl (C=O) groups is 1. The lowest BCUT2D eigenvalue weighted by Gasteiger charge is -2.06. The monoisotopic (exact) mass is 292 g/mol. The molecule has 82 valence electrons. The molecule has 0 bridgehead atoms. The molecule has 0 saturated carbocycles. The van der Waals surface area contributed by atoms with Crippen LogP contribution in [0.3, 0.4) is 0 Å². The Kier molecular flexibility index (Phi) is 4.91. The Morgan fingerprint density at radius 1 is 1.47 bits per heavy atom. The molecule has 0 aliphatic heterocycles. The van der Waals surface area contributed by atoms with Crippen LogP contribution in [0.25, 0.3) is 0 Å². The lowest BCUT2D eigenvalue weighted by Crippen LogP contribution is -2.12. The van der Waals surface area contributed by atoms with Crippen LogP contribution in [0, 0.1) is 0 Å². The number of hydrogen-bond acceptors (Lipinski definition) is 3. The second-order valence-electron chi connectivity index (χ2n) is 2.79. The number of esters is 1. The SMILES string of the molecule is COC(=O)COc1cc(Cl)cc(CBr)c1. The van der Waals surface area contributed by atoms with E-state index in [-0.39, 0.29) is 6.61 Å². The Morgan fingerprint density at radius 3 is 2.80 bits per heavy atom. The second kappa shape index (κ2) is 5.98. The van der Waals surface area contributed by atoms with Crippen molar-refractivity contribution in [3.05, 3.63) is 28.8 Å². The third-order valence-corrected chi connectivity index (χ3v) is 2.54. The first kappa shape index (κ1) is 12.3. The third-order valence-electron chi connectivity index (χ3n) is 1.67. The fourth-order valence-corrected chi connectivity index (χ4v) is 1.55. The average Bonchev–Trinajstić information content (AvgIpc) is 2.25. The molecular formula is C10H10BrClO3. The number of hydrogen-bond donors (Lipinski definition) is 0. The van der Waals surface area contributed by atoms with Gasteiger partial charge in [0.25, 0.3) is 0 Å². The van der Waals surface area contributed by atoms with Crippen molar-refractivity contribution < 1.29 is 14.3 Å². The minimum absolute atomic E-state index is 0.113. The standard InChI is InChI=1S/C10H10BrClO3/c1-14-10(13)6-15-9-3-7(5-11)2-8(12)4-9/h2-4H,5-6H2,1H3. The van der Waals surface area contributed by atoms with Crippen molar-refractivity contribution in [3.8, 4) is 5.75 Å². The zero-order valence-corrected chi connectivity index (χ0v) is 10.5. The predicted octanol–water partition coefficient (Wildman–Crippen LogP) is 2.79. The van der Waals surface area contributed by atoms with E-state index in [1.807, 2.05) is 12.1 Å². The second-order valence-corrected chi connectivity index (χ2v) is 3.79. The zero-order chi connectivity index (χ0) is 11.3. The highest BCUT2D eigenvalue weighted by Crippen LogP contribution is 2.22. The predicted molar refractivity (Wildman–Crippen MR) is 61.6 cm³/mol. The molecule has 0 saturated heterocycles.